The Morgan fingerprint density at radius 2 is 1.64 bits per heavy atom. The first-order valence-corrected chi connectivity index (χ1v) is 15.2. The van der Waals surface area contributed by atoms with E-state index in [1.54, 1.807) is 42.9 Å². The van der Waals surface area contributed by atoms with Crippen LogP contribution in [-0.4, -0.2) is 48.4 Å². The van der Waals surface area contributed by atoms with E-state index in [2.05, 4.69) is 21.2 Å². The number of nitrogens with zero attached hydrogens (tertiary/aromatic N) is 3. The van der Waals surface area contributed by atoms with Crippen LogP contribution in [0.1, 0.15) is 29.9 Å². The molecule has 1 heterocycles. The molecule has 0 fully saturated rings. The van der Waals surface area contributed by atoms with Crippen LogP contribution in [0.25, 0.3) is 16.6 Å². The highest BCUT2D eigenvalue weighted by atomic mass is 79.9. The Balaban J connectivity index is 1.63. The zero-order valence-corrected chi connectivity index (χ0v) is 27.4. The number of methoxy groups -OCH3 is 3. The average molecular weight is 672 g/mol. The van der Waals surface area contributed by atoms with Gasteiger partial charge in [-0.1, -0.05) is 46.3 Å². The first-order chi connectivity index (χ1) is 21.7. The molecule has 1 unspecified atom stereocenters. The summed E-state index contributed by atoms with van der Waals surface area (Å²) in [4.78, 5) is 34.9. The minimum Gasteiger partial charge on any atom is -0.495 e. The number of amides is 2. The molecule has 1 aromatic heterocycles. The fraction of sp³-hybridized carbons (Fsp3) is 0.229. The zero-order valence-electron chi connectivity index (χ0n) is 25.8. The Bertz CT molecular complexity index is 1910. The third-order valence-corrected chi connectivity index (χ3v) is 8.14. The quantitative estimate of drug-likeness (QED) is 0.167. The van der Waals surface area contributed by atoms with Gasteiger partial charge in [-0.3, -0.25) is 9.36 Å². The van der Waals surface area contributed by atoms with Gasteiger partial charge in [0.15, 0.2) is 11.5 Å². The van der Waals surface area contributed by atoms with Gasteiger partial charge in [-0.05, 0) is 86.0 Å². The summed E-state index contributed by atoms with van der Waals surface area (Å²) in [5.74, 6) is 2.14. The lowest BCUT2D eigenvalue weighted by Gasteiger charge is -2.31. The minimum atomic E-state index is -0.639. The van der Waals surface area contributed by atoms with Crippen molar-refractivity contribution < 1.29 is 19.0 Å². The number of carbonyl (C=O) groups is 1. The van der Waals surface area contributed by atoms with Crippen molar-refractivity contribution >= 4 is 38.6 Å². The van der Waals surface area contributed by atoms with Crippen molar-refractivity contribution in [2.75, 3.05) is 33.2 Å². The lowest BCUT2D eigenvalue weighted by atomic mass is 10.1. The summed E-state index contributed by atoms with van der Waals surface area (Å²) < 4.78 is 19.0. The number of fused-ring (bicyclic) bond motifs is 1. The lowest BCUT2D eigenvalue weighted by Crippen LogP contribution is -2.41. The maximum atomic E-state index is 14.2. The molecular formula is C35H35BrN4O5. The van der Waals surface area contributed by atoms with Crippen LogP contribution >= 0.6 is 15.9 Å². The number of urea groups is 1. The molecule has 0 aliphatic heterocycles. The first-order valence-electron chi connectivity index (χ1n) is 14.4. The van der Waals surface area contributed by atoms with Gasteiger partial charge >= 0.3 is 6.03 Å². The average Bonchev–Trinajstić information content (AvgIpc) is 3.04. The molecule has 9 nitrogen and oxygen atoms in total. The molecule has 5 aromatic rings. The van der Waals surface area contributed by atoms with Gasteiger partial charge in [0.05, 0.1) is 44.0 Å². The fourth-order valence-electron chi connectivity index (χ4n) is 5.30. The van der Waals surface area contributed by atoms with Gasteiger partial charge in [-0.2, -0.15) is 0 Å². The summed E-state index contributed by atoms with van der Waals surface area (Å²) in [6.07, 6.45) is 0.502. The lowest BCUT2D eigenvalue weighted by molar-refractivity contribution is 0.190. The van der Waals surface area contributed by atoms with Crippen LogP contribution < -0.4 is 25.1 Å². The van der Waals surface area contributed by atoms with E-state index >= 15 is 0 Å². The normalized spacial score (nSPS) is 11.6. The molecular weight excluding hydrogens is 636 g/mol. The highest BCUT2D eigenvalue weighted by Gasteiger charge is 2.28. The number of ether oxygens (including phenoxy) is 3. The standard InChI is InChI=1S/C35H35BrN4O5/c1-22-13-15-30(43-3)29(19-22)40-33(38-28-12-7-6-11-27(28)34(40)41)23(2)39(35(42)37-26-10-8-9-25(36)21-26)18-17-24-14-16-31(44-4)32(20-24)45-5/h6-16,19-21,23H,17-18H2,1-5H3,(H,37,42). The third kappa shape index (κ3) is 6.81. The zero-order chi connectivity index (χ0) is 32.1. The van der Waals surface area contributed by atoms with E-state index in [0.29, 0.717) is 58.3 Å². The SMILES string of the molecule is COc1ccc(CCN(C(=O)Nc2cccc(Br)c2)C(C)c2nc3ccccc3c(=O)n2-c2cc(C)ccc2OC)cc1OC. The number of aryl methyl sites for hydroxylation is 1. The summed E-state index contributed by atoms with van der Waals surface area (Å²) in [6, 6.07) is 25.0. The number of benzene rings is 4. The van der Waals surface area contributed by atoms with Crippen molar-refractivity contribution in [3.05, 3.63) is 117 Å². The molecule has 45 heavy (non-hydrogen) atoms. The summed E-state index contributed by atoms with van der Waals surface area (Å²) >= 11 is 3.48. The Hall–Kier alpha value is -4.83. The van der Waals surface area contributed by atoms with Crippen molar-refractivity contribution in [3.63, 3.8) is 0 Å². The van der Waals surface area contributed by atoms with Crippen molar-refractivity contribution in [3.8, 4) is 22.9 Å². The molecule has 0 saturated carbocycles. The van der Waals surface area contributed by atoms with Crippen LogP contribution in [-0.2, 0) is 6.42 Å². The molecule has 10 heteroatoms. The van der Waals surface area contributed by atoms with Crippen molar-refractivity contribution in [1.82, 2.24) is 14.5 Å². The topological polar surface area (TPSA) is 94.9 Å². The van der Waals surface area contributed by atoms with E-state index in [-0.39, 0.29) is 11.6 Å². The molecule has 0 bridgehead atoms. The van der Waals surface area contributed by atoms with E-state index in [0.717, 1.165) is 15.6 Å². The second-order valence-corrected chi connectivity index (χ2v) is 11.5. The van der Waals surface area contributed by atoms with Crippen molar-refractivity contribution in [2.45, 2.75) is 26.3 Å². The monoisotopic (exact) mass is 670 g/mol. The van der Waals surface area contributed by atoms with Gasteiger partial charge in [0.1, 0.15) is 11.6 Å². The molecule has 1 N–H and O–H groups in total. The summed E-state index contributed by atoms with van der Waals surface area (Å²) in [6.45, 7) is 4.14. The van der Waals surface area contributed by atoms with Crippen LogP contribution in [0.5, 0.6) is 17.2 Å². The van der Waals surface area contributed by atoms with Gasteiger partial charge in [0, 0.05) is 16.7 Å². The molecule has 5 rings (SSSR count). The molecule has 0 aliphatic rings. The van der Waals surface area contributed by atoms with E-state index in [1.165, 1.54) is 0 Å². The Kier molecular flexibility index (Phi) is 9.73. The molecule has 1 atom stereocenters. The summed E-state index contributed by atoms with van der Waals surface area (Å²) in [5, 5.41) is 3.49. The molecule has 232 valence electrons. The number of para-hydroxylation sites is 1. The van der Waals surface area contributed by atoms with Crippen LogP contribution in [0.15, 0.2) is 94.2 Å². The van der Waals surface area contributed by atoms with E-state index in [4.69, 9.17) is 19.2 Å². The second-order valence-electron chi connectivity index (χ2n) is 10.6. The number of halogens is 1. The van der Waals surface area contributed by atoms with Gasteiger partial charge in [0.2, 0.25) is 0 Å². The predicted octanol–water partition coefficient (Wildman–Crippen LogP) is 7.32. The van der Waals surface area contributed by atoms with Crippen LogP contribution in [0.4, 0.5) is 10.5 Å². The smallest absolute Gasteiger partial charge is 0.322 e. The van der Waals surface area contributed by atoms with Crippen LogP contribution in [0.2, 0.25) is 0 Å². The number of nitrogens with one attached hydrogen (secondary N) is 1. The second kappa shape index (κ2) is 13.9. The number of carbonyl (C=O) groups excluding carboxylic acids is 1. The summed E-state index contributed by atoms with van der Waals surface area (Å²) in [7, 11) is 4.75. The molecule has 0 saturated heterocycles. The predicted molar refractivity (Wildman–Crippen MR) is 180 cm³/mol. The Labute approximate surface area is 270 Å². The third-order valence-electron chi connectivity index (χ3n) is 7.64. The van der Waals surface area contributed by atoms with Gasteiger partial charge in [-0.15, -0.1) is 0 Å². The Morgan fingerprint density at radius 3 is 2.38 bits per heavy atom. The number of hydrogen-bond acceptors (Lipinski definition) is 6. The first kappa shape index (κ1) is 31.6. The Morgan fingerprint density at radius 1 is 0.911 bits per heavy atom. The molecule has 0 aliphatic carbocycles. The maximum Gasteiger partial charge on any atom is 0.322 e. The molecule has 0 spiro atoms. The van der Waals surface area contributed by atoms with Gasteiger partial charge in [0.25, 0.3) is 5.56 Å². The van der Waals surface area contributed by atoms with E-state index in [9.17, 15) is 9.59 Å². The van der Waals surface area contributed by atoms with Crippen LogP contribution in [0, 0.1) is 6.92 Å². The summed E-state index contributed by atoms with van der Waals surface area (Å²) in [5.41, 5.74) is 3.36. The minimum absolute atomic E-state index is 0.251. The number of anilines is 1. The van der Waals surface area contributed by atoms with Crippen LogP contribution in [0.3, 0.4) is 0 Å². The molecule has 2 amide bonds. The highest BCUT2D eigenvalue weighted by Crippen LogP contribution is 2.31. The van der Waals surface area contributed by atoms with Crippen molar-refractivity contribution in [2.24, 2.45) is 0 Å². The van der Waals surface area contributed by atoms with Gasteiger partial charge < -0.3 is 24.4 Å². The number of rotatable bonds is 10. The van der Waals surface area contributed by atoms with Crippen molar-refractivity contribution in [1.29, 1.82) is 0 Å². The highest BCUT2D eigenvalue weighted by molar-refractivity contribution is 9.10. The largest absolute Gasteiger partial charge is 0.495 e. The molecule has 0 radical (unpaired) electrons. The maximum absolute atomic E-state index is 14.2. The molecule has 4 aromatic carbocycles. The van der Waals surface area contributed by atoms with E-state index in [1.807, 2.05) is 86.6 Å². The van der Waals surface area contributed by atoms with Gasteiger partial charge in [-0.25, -0.2) is 9.78 Å². The van der Waals surface area contributed by atoms with E-state index < -0.39 is 6.04 Å². The number of aromatic nitrogens is 2. The number of hydrogen-bond donors (Lipinski definition) is 1. The fourth-order valence-corrected chi connectivity index (χ4v) is 5.69.